The first kappa shape index (κ1) is 30.9. The van der Waals surface area contributed by atoms with Crippen molar-refractivity contribution in [1.82, 2.24) is 0 Å². The van der Waals surface area contributed by atoms with E-state index in [1.54, 1.807) is 25.3 Å². The van der Waals surface area contributed by atoms with Crippen molar-refractivity contribution in [2.45, 2.75) is 80.4 Å². The number of carboxylic acid groups (broad SMARTS) is 1. The van der Waals surface area contributed by atoms with E-state index in [1.807, 2.05) is 12.1 Å². The molecule has 1 saturated carbocycles. The number of aliphatic hydroxyl groups excluding tert-OH is 3. The summed E-state index contributed by atoms with van der Waals surface area (Å²) in [7, 11) is 3.08. The second kappa shape index (κ2) is 12.0. The van der Waals surface area contributed by atoms with Gasteiger partial charge in [0.25, 0.3) is 0 Å². The number of hydrogen-bond acceptors (Lipinski definition) is 13. The van der Waals surface area contributed by atoms with Crippen LogP contribution in [0.25, 0.3) is 0 Å². The maximum atomic E-state index is 12.3. The first-order valence-electron chi connectivity index (χ1n) is 14.5. The summed E-state index contributed by atoms with van der Waals surface area (Å²) >= 11 is 0. The van der Waals surface area contributed by atoms with Crippen LogP contribution in [-0.2, 0) is 23.9 Å². The fourth-order valence-corrected chi connectivity index (χ4v) is 6.63. The zero-order valence-corrected chi connectivity index (χ0v) is 24.5. The lowest BCUT2D eigenvalue weighted by Gasteiger charge is -2.47. The molecule has 0 bridgehead atoms. The number of benzene rings is 2. The van der Waals surface area contributed by atoms with Crippen molar-refractivity contribution in [3.8, 4) is 28.7 Å². The number of rotatable bonds is 8. The lowest BCUT2D eigenvalue weighted by atomic mass is 9.68. The Labute approximate surface area is 257 Å². The first-order valence-corrected chi connectivity index (χ1v) is 14.5. The Morgan fingerprint density at radius 2 is 1.71 bits per heavy atom. The topological polar surface area (TPSA) is 197 Å². The van der Waals surface area contributed by atoms with E-state index in [0.29, 0.717) is 48.7 Å². The van der Waals surface area contributed by atoms with Crippen molar-refractivity contribution in [3.63, 3.8) is 0 Å². The molecule has 1 spiro atoms. The third kappa shape index (κ3) is 5.52. The molecule has 1 saturated heterocycles. The fraction of sp³-hybridized carbons (Fsp3) is 0.516. The SMILES string of the molecule is COc1ccc2c(c1OC)O[C@@H]1c3ccc(O[C@H]4O[C@H](COC(=O)CC(=O)O)[C@@H](O)[C@H](O)[C@H]4O)cc3OC3(CCC(=O)CC3)[C@@H]21. The Morgan fingerprint density at radius 1 is 0.978 bits per heavy atom. The van der Waals surface area contributed by atoms with Crippen LogP contribution < -0.4 is 23.7 Å². The predicted molar refractivity (Wildman–Crippen MR) is 149 cm³/mol. The smallest absolute Gasteiger partial charge is 0.317 e. The van der Waals surface area contributed by atoms with E-state index < -0.39 is 67.4 Å². The van der Waals surface area contributed by atoms with Crippen LogP contribution in [0.15, 0.2) is 30.3 Å². The van der Waals surface area contributed by atoms with Gasteiger partial charge in [0.1, 0.15) is 66.4 Å². The van der Waals surface area contributed by atoms with E-state index in [-0.39, 0.29) is 17.5 Å². The van der Waals surface area contributed by atoms with Crippen molar-refractivity contribution in [2.24, 2.45) is 0 Å². The highest BCUT2D eigenvalue weighted by Crippen LogP contribution is 2.63. The number of aliphatic carboxylic acids is 1. The summed E-state index contributed by atoms with van der Waals surface area (Å²) in [4.78, 5) is 34.7. The van der Waals surface area contributed by atoms with Crippen LogP contribution in [0.5, 0.6) is 28.7 Å². The van der Waals surface area contributed by atoms with Gasteiger partial charge in [0.2, 0.25) is 12.0 Å². The van der Waals surface area contributed by atoms with Crippen LogP contribution in [0.1, 0.15) is 55.3 Å². The molecule has 1 aliphatic carbocycles. The Morgan fingerprint density at radius 3 is 2.40 bits per heavy atom. The average Bonchev–Trinajstić information content (AvgIpc) is 3.42. The Kier molecular flexibility index (Phi) is 8.24. The van der Waals surface area contributed by atoms with Crippen molar-refractivity contribution < 1.29 is 68.0 Å². The minimum absolute atomic E-state index is 0.155. The molecule has 2 fully saturated rings. The number of carbonyl (C=O) groups excluding carboxylic acids is 2. The van der Waals surface area contributed by atoms with E-state index in [1.165, 1.54) is 7.11 Å². The molecule has 2 aromatic rings. The second-order valence-electron chi connectivity index (χ2n) is 11.5. The van der Waals surface area contributed by atoms with Gasteiger partial charge in [-0.15, -0.1) is 0 Å². The zero-order chi connectivity index (χ0) is 32.0. The molecule has 7 atom stereocenters. The van der Waals surface area contributed by atoms with Crippen molar-refractivity contribution in [2.75, 3.05) is 20.8 Å². The number of methoxy groups -OCH3 is 2. The largest absolute Gasteiger partial charge is 0.493 e. The molecular weight excluding hydrogens is 596 g/mol. The molecule has 3 aliphatic heterocycles. The summed E-state index contributed by atoms with van der Waals surface area (Å²) in [6.07, 6.45) is -7.62. The van der Waals surface area contributed by atoms with Crippen LogP contribution in [0, 0.1) is 0 Å². The fourth-order valence-electron chi connectivity index (χ4n) is 6.63. The maximum Gasteiger partial charge on any atom is 0.317 e. The van der Waals surface area contributed by atoms with Crippen LogP contribution in [0.2, 0.25) is 0 Å². The third-order valence-corrected chi connectivity index (χ3v) is 8.86. The molecule has 0 radical (unpaired) electrons. The van der Waals surface area contributed by atoms with Gasteiger partial charge in [-0.05, 0) is 31.0 Å². The molecule has 0 aromatic heterocycles. The molecular formula is C31H34O14. The van der Waals surface area contributed by atoms with Gasteiger partial charge in [-0.3, -0.25) is 14.4 Å². The van der Waals surface area contributed by atoms with Crippen LogP contribution in [0.4, 0.5) is 0 Å². The molecule has 2 aromatic carbocycles. The lowest BCUT2D eigenvalue weighted by Crippen LogP contribution is -2.60. The summed E-state index contributed by atoms with van der Waals surface area (Å²) in [5.74, 6) is -0.401. The highest BCUT2D eigenvalue weighted by Gasteiger charge is 2.57. The molecule has 0 unspecified atom stereocenters. The van der Waals surface area contributed by atoms with E-state index >= 15 is 0 Å². The standard InChI is InChI=1S/C31H34O14/c1-39-18-6-5-17-23-27(44-28(17)29(18)40-2)16-4-3-15(11-19(16)45-31(23)9-7-14(32)8-10-31)42-30-26(38)25(37)24(36)20(43-30)13-41-22(35)12-21(33)34/h3-6,11,20,23-27,30,36-38H,7-10,12-13H2,1-2H3,(H,33,34)/t20-,23+,24-,25+,26-,27-,30+/m1/s1. The van der Waals surface area contributed by atoms with Gasteiger partial charge in [-0.2, -0.15) is 0 Å². The van der Waals surface area contributed by atoms with Gasteiger partial charge in [0.15, 0.2) is 11.5 Å². The minimum Gasteiger partial charge on any atom is -0.493 e. The van der Waals surface area contributed by atoms with Gasteiger partial charge >= 0.3 is 11.9 Å². The quantitative estimate of drug-likeness (QED) is 0.241. The highest BCUT2D eigenvalue weighted by molar-refractivity contribution is 5.90. The summed E-state index contributed by atoms with van der Waals surface area (Å²) < 4.78 is 40.8. The molecule has 14 nitrogen and oxygen atoms in total. The zero-order valence-electron chi connectivity index (χ0n) is 24.5. The lowest BCUT2D eigenvalue weighted by molar-refractivity contribution is -0.278. The summed E-state index contributed by atoms with van der Waals surface area (Å²) in [6.45, 7) is -0.583. The molecule has 3 heterocycles. The first-order chi connectivity index (χ1) is 21.5. The number of hydrogen-bond donors (Lipinski definition) is 4. The van der Waals surface area contributed by atoms with Crippen molar-refractivity contribution >= 4 is 17.7 Å². The van der Waals surface area contributed by atoms with Crippen molar-refractivity contribution in [1.29, 1.82) is 0 Å². The van der Waals surface area contributed by atoms with E-state index in [0.717, 1.165) is 11.1 Å². The minimum atomic E-state index is -1.72. The average molecular weight is 631 g/mol. The Balaban J connectivity index is 1.28. The number of carboxylic acids is 1. The maximum absolute atomic E-state index is 12.3. The number of ether oxygens (including phenoxy) is 7. The van der Waals surface area contributed by atoms with Crippen LogP contribution >= 0.6 is 0 Å². The van der Waals surface area contributed by atoms with E-state index in [9.17, 15) is 29.7 Å². The Bertz CT molecular complexity index is 1480. The predicted octanol–water partition coefficient (Wildman–Crippen LogP) is 1.40. The molecule has 14 heteroatoms. The molecule has 6 rings (SSSR count). The number of aliphatic hydroxyl groups is 3. The summed E-state index contributed by atoms with van der Waals surface area (Å²) in [5, 5.41) is 40.2. The highest BCUT2D eigenvalue weighted by atomic mass is 16.7. The normalized spacial score (nSPS) is 29.4. The number of Topliss-reactive ketones (excluding diaryl/α,β-unsaturated/α-hetero) is 1. The van der Waals surface area contributed by atoms with Crippen molar-refractivity contribution in [3.05, 3.63) is 41.5 Å². The monoisotopic (exact) mass is 630 g/mol. The summed E-state index contributed by atoms with van der Waals surface area (Å²) in [6, 6.07) is 8.72. The third-order valence-electron chi connectivity index (χ3n) is 8.86. The molecule has 45 heavy (non-hydrogen) atoms. The molecule has 4 aliphatic rings. The molecule has 0 amide bonds. The van der Waals surface area contributed by atoms with Crippen LogP contribution in [0.3, 0.4) is 0 Å². The summed E-state index contributed by atoms with van der Waals surface area (Å²) in [5.41, 5.74) is 0.830. The molecule has 242 valence electrons. The van der Waals surface area contributed by atoms with Gasteiger partial charge in [0, 0.05) is 30.0 Å². The van der Waals surface area contributed by atoms with Gasteiger partial charge in [0.05, 0.1) is 20.1 Å². The number of ketones is 1. The molecule has 4 N–H and O–H groups in total. The Hall–Kier alpha value is -4.11. The second-order valence-corrected chi connectivity index (χ2v) is 11.5. The van der Waals surface area contributed by atoms with Gasteiger partial charge in [-0.25, -0.2) is 0 Å². The van der Waals surface area contributed by atoms with Gasteiger partial charge in [-0.1, -0.05) is 6.07 Å². The van der Waals surface area contributed by atoms with Crippen LogP contribution in [-0.4, -0.2) is 95.3 Å². The number of carbonyl (C=O) groups is 3. The number of fused-ring (bicyclic) bond motifs is 6. The van der Waals surface area contributed by atoms with E-state index in [4.69, 9.17) is 38.3 Å². The van der Waals surface area contributed by atoms with Gasteiger partial charge < -0.3 is 53.6 Å². The number of esters is 1. The van der Waals surface area contributed by atoms with E-state index in [2.05, 4.69) is 0 Å².